The summed E-state index contributed by atoms with van der Waals surface area (Å²) in [6.45, 7) is 3.83. The monoisotopic (exact) mass is 360 g/mol. The van der Waals surface area contributed by atoms with Gasteiger partial charge in [-0.15, -0.1) is 0 Å². The second kappa shape index (κ2) is 6.84. The van der Waals surface area contributed by atoms with E-state index in [0.29, 0.717) is 22.8 Å². The molecule has 0 radical (unpaired) electrons. The predicted octanol–water partition coefficient (Wildman–Crippen LogP) is 3.47. The molecule has 1 aromatic carbocycles. The molecule has 1 aromatic rings. The first-order chi connectivity index (χ1) is 12.0. The Balaban J connectivity index is 2.17. The van der Waals surface area contributed by atoms with E-state index in [9.17, 15) is 4.79 Å². The number of thioether (sulfide) groups is 1. The van der Waals surface area contributed by atoms with Crippen LogP contribution in [0.15, 0.2) is 45.6 Å². The standard InChI is InChI=1S/C18H20N2O4S/c1-10-9-25-18-19-11(2)15(17(21)24-5)16(20(10)18)12-6-7-13(22-3)14(8-12)23-4/h6-9,16H,1-5H3/t16-/m1/s1. The lowest BCUT2D eigenvalue weighted by atomic mass is 9.94. The van der Waals surface area contributed by atoms with Gasteiger partial charge in [0, 0.05) is 5.70 Å². The maximum absolute atomic E-state index is 12.5. The number of hydrogen-bond acceptors (Lipinski definition) is 7. The largest absolute Gasteiger partial charge is 0.493 e. The number of hydrogen-bond donors (Lipinski definition) is 0. The van der Waals surface area contributed by atoms with Crippen LogP contribution in [-0.4, -0.2) is 37.4 Å². The first-order valence-electron chi connectivity index (χ1n) is 7.74. The number of benzene rings is 1. The smallest absolute Gasteiger partial charge is 0.338 e. The quantitative estimate of drug-likeness (QED) is 0.766. The van der Waals surface area contributed by atoms with Crippen LogP contribution >= 0.6 is 11.8 Å². The van der Waals surface area contributed by atoms with Crippen molar-refractivity contribution in [3.8, 4) is 11.5 Å². The van der Waals surface area contributed by atoms with E-state index in [1.807, 2.05) is 42.4 Å². The summed E-state index contributed by atoms with van der Waals surface area (Å²) in [7, 11) is 4.57. The number of allylic oxidation sites excluding steroid dienone is 2. The topological polar surface area (TPSA) is 60.4 Å². The van der Waals surface area contributed by atoms with Crippen LogP contribution in [0, 0.1) is 0 Å². The number of fused-ring (bicyclic) bond motifs is 1. The maximum atomic E-state index is 12.5. The molecule has 0 amide bonds. The van der Waals surface area contributed by atoms with Gasteiger partial charge in [0.15, 0.2) is 16.7 Å². The van der Waals surface area contributed by atoms with Crippen molar-refractivity contribution in [1.29, 1.82) is 0 Å². The number of carbonyl (C=O) groups is 1. The van der Waals surface area contributed by atoms with Gasteiger partial charge in [-0.2, -0.15) is 0 Å². The van der Waals surface area contributed by atoms with E-state index in [0.717, 1.165) is 16.4 Å². The van der Waals surface area contributed by atoms with Gasteiger partial charge < -0.3 is 19.1 Å². The van der Waals surface area contributed by atoms with E-state index < -0.39 is 0 Å². The molecular weight excluding hydrogens is 340 g/mol. The van der Waals surface area contributed by atoms with Gasteiger partial charge in [-0.3, -0.25) is 0 Å². The maximum Gasteiger partial charge on any atom is 0.338 e. The Morgan fingerprint density at radius 3 is 2.52 bits per heavy atom. The second-order valence-electron chi connectivity index (χ2n) is 5.65. The van der Waals surface area contributed by atoms with Crippen LogP contribution < -0.4 is 9.47 Å². The molecule has 2 aliphatic heterocycles. The van der Waals surface area contributed by atoms with Crippen LogP contribution in [0.5, 0.6) is 11.5 Å². The zero-order chi connectivity index (χ0) is 18.1. The highest BCUT2D eigenvalue weighted by molar-refractivity contribution is 8.16. The first kappa shape index (κ1) is 17.4. The molecule has 2 heterocycles. The molecule has 0 saturated heterocycles. The molecule has 7 heteroatoms. The average Bonchev–Trinajstić information content (AvgIpc) is 2.99. The van der Waals surface area contributed by atoms with Crippen molar-refractivity contribution in [1.82, 2.24) is 4.90 Å². The van der Waals surface area contributed by atoms with Gasteiger partial charge in [-0.25, -0.2) is 9.79 Å². The van der Waals surface area contributed by atoms with Gasteiger partial charge in [0.1, 0.15) is 0 Å². The zero-order valence-electron chi connectivity index (χ0n) is 14.8. The Morgan fingerprint density at radius 2 is 1.88 bits per heavy atom. The molecule has 25 heavy (non-hydrogen) atoms. The van der Waals surface area contributed by atoms with Crippen LogP contribution in [0.2, 0.25) is 0 Å². The summed E-state index contributed by atoms with van der Waals surface area (Å²) in [5.74, 6) is 0.864. The highest BCUT2D eigenvalue weighted by Crippen LogP contribution is 2.45. The minimum Gasteiger partial charge on any atom is -0.493 e. The Labute approximate surface area is 151 Å². The summed E-state index contributed by atoms with van der Waals surface area (Å²) in [5, 5.41) is 2.88. The molecule has 0 fully saturated rings. The fourth-order valence-corrected chi connectivity index (χ4v) is 3.98. The lowest BCUT2D eigenvalue weighted by Crippen LogP contribution is -2.35. The molecule has 0 N–H and O–H groups in total. The predicted molar refractivity (Wildman–Crippen MR) is 97.6 cm³/mol. The number of ether oxygens (including phenoxy) is 3. The molecule has 0 aromatic heterocycles. The Hall–Kier alpha value is -2.41. The van der Waals surface area contributed by atoms with Crippen LogP contribution in [0.3, 0.4) is 0 Å². The highest BCUT2D eigenvalue weighted by atomic mass is 32.2. The van der Waals surface area contributed by atoms with Gasteiger partial charge in [0.05, 0.1) is 38.6 Å². The van der Waals surface area contributed by atoms with E-state index >= 15 is 0 Å². The summed E-state index contributed by atoms with van der Waals surface area (Å²) in [4.78, 5) is 19.1. The number of carbonyl (C=O) groups excluding carboxylic acids is 1. The van der Waals surface area contributed by atoms with Gasteiger partial charge in [-0.1, -0.05) is 17.8 Å². The molecule has 0 aliphatic carbocycles. The van der Waals surface area contributed by atoms with Crippen LogP contribution in [0.4, 0.5) is 0 Å². The van der Waals surface area contributed by atoms with Crippen molar-refractivity contribution < 1.29 is 19.0 Å². The highest BCUT2D eigenvalue weighted by Gasteiger charge is 2.39. The number of esters is 1. The number of nitrogens with zero attached hydrogens (tertiary/aromatic N) is 2. The molecule has 132 valence electrons. The molecule has 0 spiro atoms. The fraction of sp³-hybridized carbons (Fsp3) is 0.333. The summed E-state index contributed by atoms with van der Waals surface area (Å²) in [6.07, 6.45) is 0. The molecule has 3 rings (SSSR count). The molecule has 1 atom stereocenters. The summed E-state index contributed by atoms with van der Waals surface area (Å²) in [6, 6.07) is 5.33. The zero-order valence-corrected chi connectivity index (χ0v) is 15.6. The van der Waals surface area contributed by atoms with Gasteiger partial charge in [0.2, 0.25) is 0 Å². The summed E-state index contributed by atoms with van der Waals surface area (Å²) >= 11 is 1.55. The molecule has 0 unspecified atom stereocenters. The average molecular weight is 360 g/mol. The molecule has 0 saturated carbocycles. The fourth-order valence-electron chi connectivity index (χ4n) is 3.04. The lowest BCUT2D eigenvalue weighted by Gasteiger charge is -2.35. The van der Waals surface area contributed by atoms with Crippen molar-refractivity contribution in [2.75, 3.05) is 21.3 Å². The van der Waals surface area contributed by atoms with Crippen molar-refractivity contribution in [3.05, 3.63) is 46.1 Å². The number of rotatable bonds is 4. The number of amidine groups is 1. The van der Waals surface area contributed by atoms with Crippen molar-refractivity contribution >= 4 is 22.9 Å². The minimum atomic E-state index is -0.384. The SMILES string of the molecule is COC(=O)C1=C(C)N=C2SC=C(C)N2[C@@H]1c1ccc(OC)c(OC)c1. The third kappa shape index (κ3) is 2.89. The molecular formula is C18H20N2O4S. The summed E-state index contributed by atoms with van der Waals surface area (Å²) < 4.78 is 15.8. The molecule has 2 aliphatic rings. The second-order valence-corrected chi connectivity index (χ2v) is 6.49. The van der Waals surface area contributed by atoms with Gasteiger partial charge in [0.25, 0.3) is 0 Å². The number of methoxy groups -OCH3 is 3. The first-order valence-corrected chi connectivity index (χ1v) is 8.62. The third-order valence-electron chi connectivity index (χ3n) is 4.23. The normalized spacial score (nSPS) is 19.2. The summed E-state index contributed by atoms with van der Waals surface area (Å²) in [5.41, 5.74) is 3.11. The molecule has 6 nitrogen and oxygen atoms in total. The minimum absolute atomic E-state index is 0.328. The van der Waals surface area contributed by atoms with Crippen LogP contribution in [0.1, 0.15) is 25.5 Å². The van der Waals surface area contributed by atoms with E-state index in [4.69, 9.17) is 14.2 Å². The van der Waals surface area contributed by atoms with Crippen molar-refractivity contribution in [2.24, 2.45) is 4.99 Å². The van der Waals surface area contributed by atoms with Gasteiger partial charge >= 0.3 is 5.97 Å². The Kier molecular flexibility index (Phi) is 4.76. The lowest BCUT2D eigenvalue weighted by molar-refractivity contribution is -0.136. The van der Waals surface area contributed by atoms with E-state index in [2.05, 4.69) is 4.99 Å². The molecule has 0 bridgehead atoms. The van der Waals surface area contributed by atoms with Crippen molar-refractivity contribution in [3.63, 3.8) is 0 Å². The van der Waals surface area contributed by atoms with E-state index in [1.54, 1.807) is 26.0 Å². The van der Waals surface area contributed by atoms with Crippen LogP contribution in [-0.2, 0) is 9.53 Å². The van der Waals surface area contributed by atoms with E-state index in [-0.39, 0.29) is 12.0 Å². The van der Waals surface area contributed by atoms with Gasteiger partial charge in [-0.05, 0) is 37.0 Å². The third-order valence-corrected chi connectivity index (χ3v) is 5.19. The van der Waals surface area contributed by atoms with Crippen LogP contribution in [0.25, 0.3) is 0 Å². The Bertz CT molecular complexity index is 813. The Morgan fingerprint density at radius 1 is 1.16 bits per heavy atom. The number of aliphatic imine (C=N–C) groups is 1. The van der Waals surface area contributed by atoms with Crippen molar-refractivity contribution in [2.45, 2.75) is 19.9 Å². The van der Waals surface area contributed by atoms with E-state index in [1.165, 1.54) is 7.11 Å².